The number of ether oxygens (including phenoxy) is 3. The molecule has 1 N–H and O–H groups in total. The van der Waals surface area contributed by atoms with Gasteiger partial charge >= 0.3 is 5.97 Å². The fourth-order valence-corrected chi connectivity index (χ4v) is 3.12. The molecule has 0 fully saturated rings. The van der Waals surface area contributed by atoms with Crippen molar-refractivity contribution in [1.29, 1.82) is 0 Å². The van der Waals surface area contributed by atoms with Crippen molar-refractivity contribution in [2.45, 2.75) is 6.92 Å². The van der Waals surface area contributed by atoms with Crippen LogP contribution < -0.4 is 14.9 Å². The lowest BCUT2D eigenvalue weighted by atomic mass is 10.2. The van der Waals surface area contributed by atoms with Gasteiger partial charge in [0.25, 0.3) is 0 Å². The summed E-state index contributed by atoms with van der Waals surface area (Å²) in [6, 6.07) is 15.3. The van der Waals surface area contributed by atoms with E-state index in [0.717, 1.165) is 16.8 Å². The van der Waals surface area contributed by atoms with E-state index >= 15 is 0 Å². The lowest BCUT2D eigenvalue weighted by molar-refractivity contribution is -0.145. The van der Waals surface area contributed by atoms with Crippen LogP contribution in [0.4, 0.5) is 5.13 Å². The Morgan fingerprint density at radius 3 is 2.79 bits per heavy atom. The van der Waals surface area contributed by atoms with Crippen LogP contribution in [-0.4, -0.2) is 37.5 Å². The third kappa shape index (κ3) is 5.79. The van der Waals surface area contributed by atoms with Gasteiger partial charge in [-0.15, -0.1) is 11.3 Å². The molecule has 150 valence electrons. The molecule has 3 rings (SSSR count). The van der Waals surface area contributed by atoms with Gasteiger partial charge in [0.2, 0.25) is 5.13 Å². The van der Waals surface area contributed by atoms with E-state index in [4.69, 9.17) is 14.2 Å². The van der Waals surface area contributed by atoms with Crippen LogP contribution >= 0.6 is 11.3 Å². The Morgan fingerprint density at radius 1 is 1.21 bits per heavy atom. The van der Waals surface area contributed by atoms with Crippen LogP contribution in [0.25, 0.3) is 11.3 Å². The molecule has 0 bridgehead atoms. The summed E-state index contributed by atoms with van der Waals surface area (Å²) in [6.07, 6.45) is 1.64. The van der Waals surface area contributed by atoms with E-state index in [1.54, 1.807) is 25.3 Å². The minimum atomic E-state index is -0.437. The molecule has 0 aliphatic carbocycles. The molecule has 0 spiro atoms. The molecular formula is C21H21N3O4S. The first-order valence-electron chi connectivity index (χ1n) is 8.96. The maximum absolute atomic E-state index is 11.5. The number of aromatic nitrogens is 1. The number of nitrogens with zero attached hydrogens (tertiary/aromatic N) is 2. The minimum Gasteiger partial charge on any atom is -0.493 e. The molecule has 0 amide bonds. The van der Waals surface area contributed by atoms with Crippen LogP contribution in [0.3, 0.4) is 0 Å². The van der Waals surface area contributed by atoms with E-state index < -0.39 is 5.97 Å². The number of nitrogens with one attached hydrogen (secondary N) is 1. The maximum atomic E-state index is 11.5. The standard InChI is InChI=1S/C21H21N3O4S/c1-3-27-20(25)13-28-19-11-15(9-10-18(19)26-2)12-22-24-21-23-17(14-29-21)16-7-5-4-6-8-16/h4-12,14H,3,13H2,1-2H3,(H,23,24). The summed E-state index contributed by atoms with van der Waals surface area (Å²) in [4.78, 5) is 16.0. The molecule has 0 atom stereocenters. The van der Waals surface area contributed by atoms with E-state index in [9.17, 15) is 4.79 Å². The zero-order valence-corrected chi connectivity index (χ0v) is 16.9. The lowest BCUT2D eigenvalue weighted by Gasteiger charge is -2.10. The number of rotatable bonds is 9. The molecule has 0 saturated heterocycles. The molecule has 1 heterocycles. The van der Waals surface area contributed by atoms with Crippen LogP contribution in [0.1, 0.15) is 12.5 Å². The van der Waals surface area contributed by atoms with Crippen molar-refractivity contribution in [2.75, 3.05) is 25.7 Å². The Bertz CT molecular complexity index is 973. The van der Waals surface area contributed by atoms with Gasteiger partial charge in [-0.25, -0.2) is 9.78 Å². The number of carbonyl (C=O) groups excluding carboxylic acids is 1. The number of hydrogen-bond acceptors (Lipinski definition) is 8. The molecule has 0 unspecified atom stereocenters. The van der Waals surface area contributed by atoms with Gasteiger partial charge in [-0.3, -0.25) is 5.43 Å². The number of hydrogen-bond donors (Lipinski definition) is 1. The van der Waals surface area contributed by atoms with Crippen molar-refractivity contribution in [3.05, 3.63) is 59.5 Å². The molecule has 8 heteroatoms. The second kappa shape index (κ2) is 10.2. The topological polar surface area (TPSA) is 82.0 Å². The van der Waals surface area contributed by atoms with Crippen molar-refractivity contribution >= 4 is 28.7 Å². The highest BCUT2D eigenvalue weighted by Gasteiger charge is 2.09. The zero-order chi connectivity index (χ0) is 20.5. The SMILES string of the molecule is CCOC(=O)COc1cc(C=NNc2nc(-c3ccccc3)cs2)ccc1OC. The number of carbonyl (C=O) groups is 1. The van der Waals surface area contributed by atoms with Crippen molar-refractivity contribution in [3.63, 3.8) is 0 Å². The molecule has 0 aliphatic heterocycles. The minimum absolute atomic E-state index is 0.190. The first-order valence-corrected chi connectivity index (χ1v) is 9.84. The third-order valence-corrected chi connectivity index (χ3v) is 4.53. The summed E-state index contributed by atoms with van der Waals surface area (Å²) in [5.41, 5.74) is 5.65. The highest BCUT2D eigenvalue weighted by molar-refractivity contribution is 7.14. The maximum Gasteiger partial charge on any atom is 0.344 e. The highest BCUT2D eigenvalue weighted by atomic mass is 32.1. The molecule has 0 radical (unpaired) electrons. The second-order valence-electron chi connectivity index (χ2n) is 5.78. The van der Waals surface area contributed by atoms with E-state index in [2.05, 4.69) is 15.5 Å². The summed E-state index contributed by atoms with van der Waals surface area (Å²) in [5.74, 6) is 0.519. The Hall–Kier alpha value is -3.39. The average molecular weight is 411 g/mol. The summed E-state index contributed by atoms with van der Waals surface area (Å²) >= 11 is 1.47. The number of methoxy groups -OCH3 is 1. The molecule has 0 saturated carbocycles. The number of esters is 1. The predicted octanol–water partition coefficient (Wildman–Crippen LogP) is 4.21. The van der Waals surface area contributed by atoms with Crippen LogP contribution in [0.2, 0.25) is 0 Å². The van der Waals surface area contributed by atoms with E-state index in [0.29, 0.717) is 23.2 Å². The Morgan fingerprint density at radius 2 is 2.03 bits per heavy atom. The fraction of sp³-hybridized carbons (Fsp3) is 0.190. The first-order chi connectivity index (χ1) is 14.2. The van der Waals surface area contributed by atoms with Crippen molar-refractivity contribution < 1.29 is 19.0 Å². The molecule has 1 aromatic heterocycles. The van der Waals surface area contributed by atoms with Crippen LogP contribution in [0.5, 0.6) is 11.5 Å². The van der Waals surface area contributed by atoms with Gasteiger partial charge < -0.3 is 14.2 Å². The number of benzene rings is 2. The van der Waals surface area contributed by atoms with Gasteiger partial charge in [0.15, 0.2) is 18.1 Å². The van der Waals surface area contributed by atoms with Gasteiger partial charge in [0, 0.05) is 10.9 Å². The van der Waals surface area contributed by atoms with Gasteiger partial charge in [-0.1, -0.05) is 30.3 Å². The van der Waals surface area contributed by atoms with Crippen LogP contribution in [0.15, 0.2) is 59.0 Å². The third-order valence-electron chi connectivity index (χ3n) is 3.79. The van der Waals surface area contributed by atoms with E-state index in [-0.39, 0.29) is 6.61 Å². The number of thiazole rings is 1. The Balaban J connectivity index is 1.63. The van der Waals surface area contributed by atoms with Crippen LogP contribution in [0, 0.1) is 0 Å². The van der Waals surface area contributed by atoms with Gasteiger partial charge in [0.1, 0.15) is 0 Å². The monoisotopic (exact) mass is 411 g/mol. The fourth-order valence-electron chi connectivity index (χ4n) is 2.45. The normalized spacial score (nSPS) is 10.7. The van der Waals surface area contributed by atoms with Crippen molar-refractivity contribution in [2.24, 2.45) is 5.10 Å². The summed E-state index contributed by atoms with van der Waals surface area (Å²) in [5, 5.41) is 6.89. The second-order valence-corrected chi connectivity index (χ2v) is 6.64. The van der Waals surface area contributed by atoms with Crippen molar-refractivity contribution in [3.8, 4) is 22.8 Å². The molecule has 3 aromatic rings. The Kier molecular flexibility index (Phi) is 7.18. The summed E-state index contributed by atoms with van der Waals surface area (Å²) in [7, 11) is 1.54. The summed E-state index contributed by atoms with van der Waals surface area (Å²) in [6.45, 7) is 1.86. The van der Waals surface area contributed by atoms with Gasteiger partial charge in [-0.2, -0.15) is 5.10 Å². The highest BCUT2D eigenvalue weighted by Crippen LogP contribution is 2.28. The molecule has 2 aromatic carbocycles. The number of anilines is 1. The predicted molar refractivity (Wildman–Crippen MR) is 114 cm³/mol. The lowest BCUT2D eigenvalue weighted by Crippen LogP contribution is -2.15. The largest absolute Gasteiger partial charge is 0.493 e. The van der Waals surface area contributed by atoms with Crippen LogP contribution in [-0.2, 0) is 9.53 Å². The summed E-state index contributed by atoms with van der Waals surface area (Å²) < 4.78 is 15.6. The molecule has 29 heavy (non-hydrogen) atoms. The van der Waals surface area contributed by atoms with Gasteiger partial charge in [-0.05, 0) is 30.7 Å². The van der Waals surface area contributed by atoms with Gasteiger partial charge in [0.05, 0.1) is 25.6 Å². The van der Waals surface area contributed by atoms with Crippen molar-refractivity contribution in [1.82, 2.24) is 4.98 Å². The quantitative estimate of drug-likeness (QED) is 0.323. The first kappa shape index (κ1) is 20.3. The number of hydrazone groups is 1. The smallest absolute Gasteiger partial charge is 0.344 e. The Labute approximate surface area is 173 Å². The molecular weight excluding hydrogens is 390 g/mol. The average Bonchev–Trinajstić information content (AvgIpc) is 3.22. The zero-order valence-electron chi connectivity index (χ0n) is 16.1. The van der Waals surface area contributed by atoms with E-state index in [1.165, 1.54) is 18.4 Å². The van der Waals surface area contributed by atoms with E-state index in [1.807, 2.05) is 41.8 Å². The molecule has 0 aliphatic rings. The molecule has 7 nitrogen and oxygen atoms in total.